The Labute approximate surface area is 193 Å². The normalized spacial score (nSPS) is 10.5. The number of hydrogen-bond donors (Lipinski definition) is 2. The second-order valence-electron chi connectivity index (χ2n) is 6.96. The van der Waals surface area contributed by atoms with Crippen LogP contribution in [-0.4, -0.2) is 11.8 Å². The SMILES string of the molecule is O=C(Nc1ccccc1F)c1ccccc1Sc1ccccc1C(=O)Nc1ccccc1F. The van der Waals surface area contributed by atoms with Gasteiger partial charge in [0, 0.05) is 9.79 Å². The van der Waals surface area contributed by atoms with E-state index in [1.165, 1.54) is 48.2 Å². The Balaban J connectivity index is 1.59. The number of benzene rings is 4. The number of anilines is 2. The van der Waals surface area contributed by atoms with Crippen molar-refractivity contribution >= 4 is 35.0 Å². The van der Waals surface area contributed by atoms with Crippen LogP contribution in [0.2, 0.25) is 0 Å². The topological polar surface area (TPSA) is 58.2 Å². The Bertz CT molecular complexity index is 1230. The molecule has 0 spiro atoms. The molecule has 4 aromatic rings. The lowest BCUT2D eigenvalue weighted by Crippen LogP contribution is -2.15. The first-order valence-corrected chi connectivity index (χ1v) is 10.8. The zero-order valence-electron chi connectivity index (χ0n) is 17.2. The fraction of sp³-hybridized carbons (Fsp3) is 0. The zero-order valence-corrected chi connectivity index (χ0v) is 18.0. The van der Waals surface area contributed by atoms with E-state index < -0.39 is 23.4 Å². The number of nitrogens with one attached hydrogen (secondary N) is 2. The van der Waals surface area contributed by atoms with E-state index in [2.05, 4.69) is 10.6 Å². The molecule has 0 aliphatic rings. The van der Waals surface area contributed by atoms with Crippen molar-refractivity contribution in [2.24, 2.45) is 0 Å². The third-order valence-corrected chi connectivity index (χ3v) is 5.88. The Hall–Kier alpha value is -3.97. The van der Waals surface area contributed by atoms with Gasteiger partial charge in [-0.15, -0.1) is 0 Å². The van der Waals surface area contributed by atoms with Crippen molar-refractivity contribution < 1.29 is 18.4 Å². The summed E-state index contributed by atoms with van der Waals surface area (Å²) in [7, 11) is 0. The average Bonchev–Trinajstić information content (AvgIpc) is 2.82. The van der Waals surface area contributed by atoms with Gasteiger partial charge in [-0.25, -0.2) is 8.78 Å². The largest absolute Gasteiger partial charge is 0.319 e. The predicted octanol–water partition coefficient (Wildman–Crippen LogP) is 6.62. The van der Waals surface area contributed by atoms with Crippen LogP contribution in [0.25, 0.3) is 0 Å². The van der Waals surface area contributed by atoms with Crippen molar-refractivity contribution in [3.05, 3.63) is 120 Å². The molecule has 0 aliphatic heterocycles. The van der Waals surface area contributed by atoms with Crippen molar-refractivity contribution in [2.45, 2.75) is 9.79 Å². The summed E-state index contributed by atoms with van der Waals surface area (Å²) in [6, 6.07) is 25.5. The third kappa shape index (κ3) is 5.27. The van der Waals surface area contributed by atoms with E-state index in [1.54, 1.807) is 60.7 Å². The Morgan fingerprint density at radius 3 is 1.33 bits per heavy atom. The number of hydrogen-bond acceptors (Lipinski definition) is 3. The van der Waals surface area contributed by atoms with Crippen LogP contribution in [-0.2, 0) is 0 Å². The molecule has 0 saturated heterocycles. The van der Waals surface area contributed by atoms with Crippen LogP contribution in [0, 0.1) is 11.6 Å². The summed E-state index contributed by atoms with van der Waals surface area (Å²) < 4.78 is 27.9. The molecule has 0 radical (unpaired) electrons. The minimum Gasteiger partial charge on any atom is -0.319 e. The molecule has 0 fully saturated rings. The zero-order chi connectivity index (χ0) is 23.2. The highest BCUT2D eigenvalue weighted by Gasteiger charge is 2.18. The molecule has 4 nitrogen and oxygen atoms in total. The molecule has 0 aromatic heterocycles. The summed E-state index contributed by atoms with van der Waals surface area (Å²) in [5, 5.41) is 5.16. The molecule has 7 heteroatoms. The van der Waals surface area contributed by atoms with Gasteiger partial charge in [0.25, 0.3) is 11.8 Å². The van der Waals surface area contributed by atoms with Crippen LogP contribution >= 0.6 is 11.8 Å². The molecule has 2 N–H and O–H groups in total. The van der Waals surface area contributed by atoms with Gasteiger partial charge < -0.3 is 10.6 Å². The minimum absolute atomic E-state index is 0.0759. The molecule has 0 bridgehead atoms. The van der Waals surface area contributed by atoms with Crippen LogP contribution in [0.5, 0.6) is 0 Å². The van der Waals surface area contributed by atoms with Crippen LogP contribution in [0.15, 0.2) is 107 Å². The highest BCUT2D eigenvalue weighted by molar-refractivity contribution is 7.99. The molecule has 0 saturated carbocycles. The standard InChI is InChI=1S/C26H18F2N2O2S/c27-19-11-3-5-13-21(19)29-25(31)17-9-1-7-15-23(17)33-24-16-8-2-10-18(24)26(32)30-22-14-6-4-12-20(22)28/h1-16H,(H,29,31)(H,30,32). The van der Waals surface area contributed by atoms with E-state index in [4.69, 9.17) is 0 Å². The maximum atomic E-state index is 14.0. The van der Waals surface area contributed by atoms with Gasteiger partial charge in [0.05, 0.1) is 22.5 Å². The average molecular weight is 461 g/mol. The summed E-state index contributed by atoms with van der Waals surface area (Å²) in [6.07, 6.45) is 0. The predicted molar refractivity (Wildman–Crippen MR) is 126 cm³/mol. The van der Waals surface area contributed by atoms with Crippen molar-refractivity contribution in [1.82, 2.24) is 0 Å². The van der Waals surface area contributed by atoms with Crippen LogP contribution in [0.4, 0.5) is 20.2 Å². The lowest BCUT2D eigenvalue weighted by atomic mass is 10.2. The molecule has 0 aliphatic carbocycles. The van der Waals surface area contributed by atoms with Crippen molar-refractivity contribution in [2.75, 3.05) is 10.6 Å². The molecule has 0 atom stereocenters. The van der Waals surface area contributed by atoms with E-state index in [0.29, 0.717) is 20.9 Å². The highest BCUT2D eigenvalue weighted by atomic mass is 32.2. The van der Waals surface area contributed by atoms with Crippen molar-refractivity contribution in [1.29, 1.82) is 0 Å². The van der Waals surface area contributed by atoms with E-state index >= 15 is 0 Å². The molecule has 33 heavy (non-hydrogen) atoms. The number of carbonyl (C=O) groups is 2. The van der Waals surface area contributed by atoms with Gasteiger partial charge >= 0.3 is 0 Å². The van der Waals surface area contributed by atoms with Gasteiger partial charge in [-0.2, -0.15) is 0 Å². The van der Waals surface area contributed by atoms with Crippen LogP contribution in [0.1, 0.15) is 20.7 Å². The fourth-order valence-electron chi connectivity index (χ4n) is 3.11. The number of carbonyl (C=O) groups excluding carboxylic acids is 2. The Morgan fingerprint density at radius 1 is 0.545 bits per heavy atom. The van der Waals surface area contributed by atoms with Gasteiger partial charge in [0.2, 0.25) is 0 Å². The summed E-state index contributed by atoms with van der Waals surface area (Å²) in [5.74, 6) is -2.02. The highest BCUT2D eigenvalue weighted by Crippen LogP contribution is 2.33. The molecule has 0 unspecified atom stereocenters. The molecule has 0 heterocycles. The Kier molecular flexibility index (Phi) is 6.80. The van der Waals surface area contributed by atoms with E-state index in [-0.39, 0.29) is 11.4 Å². The molecule has 164 valence electrons. The number of halogens is 2. The second kappa shape index (κ2) is 10.1. The van der Waals surface area contributed by atoms with Gasteiger partial charge in [-0.1, -0.05) is 60.3 Å². The molecule has 4 rings (SSSR count). The van der Waals surface area contributed by atoms with Gasteiger partial charge in [-0.3, -0.25) is 9.59 Å². The first kappa shape index (κ1) is 22.2. The number of rotatable bonds is 6. The summed E-state index contributed by atoms with van der Waals surface area (Å²) in [5.41, 5.74) is 0.809. The van der Waals surface area contributed by atoms with E-state index in [0.717, 1.165) is 0 Å². The van der Waals surface area contributed by atoms with E-state index in [9.17, 15) is 18.4 Å². The fourth-order valence-corrected chi connectivity index (χ4v) is 4.18. The maximum Gasteiger partial charge on any atom is 0.256 e. The maximum absolute atomic E-state index is 14.0. The smallest absolute Gasteiger partial charge is 0.256 e. The molecule has 2 amide bonds. The monoisotopic (exact) mass is 460 g/mol. The van der Waals surface area contributed by atoms with Gasteiger partial charge in [0.1, 0.15) is 11.6 Å². The second-order valence-corrected chi connectivity index (χ2v) is 8.05. The van der Waals surface area contributed by atoms with E-state index in [1.807, 2.05) is 0 Å². The summed E-state index contributed by atoms with van der Waals surface area (Å²) in [4.78, 5) is 26.9. The Morgan fingerprint density at radius 2 is 0.909 bits per heavy atom. The molecular formula is C26H18F2N2O2S. The van der Waals surface area contributed by atoms with Crippen molar-refractivity contribution in [3.63, 3.8) is 0 Å². The first-order chi connectivity index (χ1) is 16.0. The lowest BCUT2D eigenvalue weighted by molar-refractivity contribution is 0.101. The minimum atomic E-state index is -0.536. The first-order valence-electron chi connectivity index (χ1n) is 10.0. The third-order valence-electron chi connectivity index (χ3n) is 4.73. The molecular weight excluding hydrogens is 442 g/mol. The van der Waals surface area contributed by atoms with Gasteiger partial charge in [0.15, 0.2) is 0 Å². The van der Waals surface area contributed by atoms with Crippen LogP contribution in [0.3, 0.4) is 0 Å². The van der Waals surface area contributed by atoms with Crippen molar-refractivity contribution in [3.8, 4) is 0 Å². The summed E-state index contributed by atoms with van der Waals surface area (Å²) in [6.45, 7) is 0. The lowest BCUT2D eigenvalue weighted by Gasteiger charge is -2.13. The summed E-state index contributed by atoms with van der Waals surface area (Å²) >= 11 is 1.22. The number of para-hydroxylation sites is 2. The van der Waals surface area contributed by atoms with Crippen LogP contribution < -0.4 is 10.6 Å². The number of amides is 2. The quantitative estimate of drug-likeness (QED) is 0.340. The molecule has 4 aromatic carbocycles. The van der Waals surface area contributed by atoms with Gasteiger partial charge in [-0.05, 0) is 48.5 Å².